The average Bonchev–Trinajstić information content (AvgIpc) is 2.35. The number of pyridine rings is 1. The SMILES string of the molecule is Cc1cc(CNC(C)C)cnc1N1CCSC(C)(C)C1. The van der Waals surface area contributed by atoms with Gasteiger partial charge in [-0.15, -0.1) is 0 Å². The van der Waals surface area contributed by atoms with Crippen molar-refractivity contribution in [2.24, 2.45) is 0 Å². The molecule has 2 heterocycles. The van der Waals surface area contributed by atoms with Gasteiger partial charge in [-0.3, -0.25) is 0 Å². The lowest BCUT2D eigenvalue weighted by Gasteiger charge is -2.38. The minimum atomic E-state index is 0.324. The van der Waals surface area contributed by atoms with Gasteiger partial charge in [-0.25, -0.2) is 4.98 Å². The lowest BCUT2D eigenvalue weighted by molar-refractivity contribution is 0.587. The van der Waals surface area contributed by atoms with Gasteiger partial charge in [-0.2, -0.15) is 11.8 Å². The van der Waals surface area contributed by atoms with Crippen LogP contribution >= 0.6 is 11.8 Å². The van der Waals surface area contributed by atoms with Gasteiger partial charge in [0.05, 0.1) is 0 Å². The van der Waals surface area contributed by atoms with Gasteiger partial charge in [-0.05, 0) is 38.0 Å². The van der Waals surface area contributed by atoms with E-state index in [0.717, 1.165) is 25.5 Å². The molecular formula is C16H27N3S. The summed E-state index contributed by atoms with van der Waals surface area (Å²) in [7, 11) is 0. The van der Waals surface area contributed by atoms with Crippen molar-refractivity contribution in [1.82, 2.24) is 10.3 Å². The third-order valence-electron chi connectivity index (χ3n) is 3.55. The van der Waals surface area contributed by atoms with E-state index in [1.807, 2.05) is 6.20 Å². The second kappa shape index (κ2) is 6.35. The first-order valence-corrected chi connectivity index (χ1v) is 8.44. The third kappa shape index (κ3) is 4.13. The summed E-state index contributed by atoms with van der Waals surface area (Å²) < 4.78 is 0.324. The summed E-state index contributed by atoms with van der Waals surface area (Å²) in [5.74, 6) is 2.34. The minimum Gasteiger partial charge on any atom is -0.354 e. The molecule has 1 aromatic rings. The van der Waals surface area contributed by atoms with Crippen LogP contribution in [0.4, 0.5) is 5.82 Å². The fourth-order valence-electron chi connectivity index (χ4n) is 2.57. The first-order chi connectivity index (χ1) is 9.37. The van der Waals surface area contributed by atoms with Crippen molar-refractivity contribution < 1.29 is 0 Å². The largest absolute Gasteiger partial charge is 0.354 e. The smallest absolute Gasteiger partial charge is 0.131 e. The topological polar surface area (TPSA) is 28.2 Å². The Labute approximate surface area is 127 Å². The van der Waals surface area contributed by atoms with Crippen LogP contribution in [0.3, 0.4) is 0 Å². The van der Waals surface area contributed by atoms with Gasteiger partial charge in [-0.1, -0.05) is 13.8 Å². The summed E-state index contributed by atoms with van der Waals surface area (Å²) in [4.78, 5) is 7.16. The third-order valence-corrected chi connectivity index (χ3v) is 4.84. The Morgan fingerprint density at radius 1 is 1.45 bits per heavy atom. The summed E-state index contributed by atoms with van der Waals surface area (Å²) in [6.45, 7) is 14.2. The highest BCUT2D eigenvalue weighted by Gasteiger charge is 2.28. The Morgan fingerprint density at radius 3 is 2.80 bits per heavy atom. The molecule has 0 bridgehead atoms. The molecule has 0 radical (unpaired) electrons. The zero-order valence-corrected chi connectivity index (χ0v) is 14.2. The van der Waals surface area contributed by atoms with E-state index in [1.54, 1.807) is 0 Å². The van der Waals surface area contributed by atoms with Gasteiger partial charge >= 0.3 is 0 Å². The lowest BCUT2D eigenvalue weighted by Crippen LogP contribution is -2.43. The van der Waals surface area contributed by atoms with Crippen molar-refractivity contribution in [3.05, 3.63) is 23.4 Å². The number of rotatable bonds is 4. The summed E-state index contributed by atoms with van der Waals surface area (Å²) in [6, 6.07) is 2.78. The van der Waals surface area contributed by atoms with E-state index < -0.39 is 0 Å². The zero-order chi connectivity index (χ0) is 14.8. The standard InChI is InChI=1S/C16H27N3S/c1-12(2)17-9-14-8-13(3)15(18-10-14)19-6-7-20-16(4,5)11-19/h8,10,12,17H,6-7,9,11H2,1-5H3. The molecule has 0 spiro atoms. The molecule has 0 aromatic carbocycles. The maximum Gasteiger partial charge on any atom is 0.131 e. The number of hydrogen-bond donors (Lipinski definition) is 1. The first-order valence-electron chi connectivity index (χ1n) is 7.45. The number of aryl methyl sites for hydroxylation is 1. The van der Waals surface area contributed by atoms with Crippen LogP contribution in [0, 0.1) is 6.92 Å². The van der Waals surface area contributed by atoms with Crippen LogP contribution in [0.15, 0.2) is 12.3 Å². The highest BCUT2D eigenvalue weighted by atomic mass is 32.2. The first kappa shape index (κ1) is 15.6. The molecule has 2 rings (SSSR count). The molecule has 0 saturated carbocycles. The molecular weight excluding hydrogens is 266 g/mol. The van der Waals surface area contributed by atoms with Crippen molar-refractivity contribution in [1.29, 1.82) is 0 Å². The quantitative estimate of drug-likeness (QED) is 0.922. The van der Waals surface area contributed by atoms with Crippen molar-refractivity contribution >= 4 is 17.6 Å². The lowest BCUT2D eigenvalue weighted by atomic mass is 10.1. The van der Waals surface area contributed by atoms with Gasteiger partial charge in [0.1, 0.15) is 5.82 Å². The van der Waals surface area contributed by atoms with E-state index in [2.05, 4.69) is 62.7 Å². The Bertz CT molecular complexity index is 457. The maximum absolute atomic E-state index is 4.72. The molecule has 1 aliphatic rings. The highest BCUT2D eigenvalue weighted by Crippen LogP contribution is 2.32. The number of nitrogens with zero attached hydrogens (tertiary/aromatic N) is 2. The monoisotopic (exact) mass is 293 g/mol. The van der Waals surface area contributed by atoms with E-state index in [-0.39, 0.29) is 0 Å². The second-order valence-electron chi connectivity index (χ2n) is 6.55. The maximum atomic E-state index is 4.72. The van der Waals surface area contributed by atoms with Crippen LogP contribution in [0.5, 0.6) is 0 Å². The second-order valence-corrected chi connectivity index (χ2v) is 8.35. The van der Waals surface area contributed by atoms with Crippen LogP contribution in [-0.4, -0.2) is 34.6 Å². The van der Waals surface area contributed by atoms with E-state index >= 15 is 0 Å². The number of anilines is 1. The van der Waals surface area contributed by atoms with Gasteiger partial charge in [0.25, 0.3) is 0 Å². The van der Waals surface area contributed by atoms with Crippen LogP contribution in [-0.2, 0) is 6.54 Å². The molecule has 1 fully saturated rings. The van der Waals surface area contributed by atoms with Crippen molar-refractivity contribution in [2.75, 3.05) is 23.7 Å². The molecule has 1 saturated heterocycles. The van der Waals surface area contributed by atoms with Crippen LogP contribution < -0.4 is 10.2 Å². The normalized spacial score (nSPS) is 18.6. The number of hydrogen-bond acceptors (Lipinski definition) is 4. The van der Waals surface area contributed by atoms with Crippen LogP contribution in [0.1, 0.15) is 38.8 Å². The average molecular weight is 293 g/mol. The predicted octanol–water partition coefficient (Wildman–Crippen LogP) is 3.22. The van der Waals surface area contributed by atoms with Crippen molar-refractivity contribution in [2.45, 2.75) is 52.0 Å². The fraction of sp³-hybridized carbons (Fsp3) is 0.688. The Hall–Kier alpha value is -0.740. The minimum absolute atomic E-state index is 0.324. The van der Waals surface area contributed by atoms with E-state index in [1.165, 1.54) is 16.9 Å². The van der Waals surface area contributed by atoms with Crippen LogP contribution in [0.2, 0.25) is 0 Å². The molecule has 3 nitrogen and oxygen atoms in total. The molecule has 0 amide bonds. The summed E-state index contributed by atoms with van der Waals surface area (Å²) >= 11 is 2.06. The van der Waals surface area contributed by atoms with Crippen molar-refractivity contribution in [3.63, 3.8) is 0 Å². The molecule has 4 heteroatoms. The van der Waals surface area contributed by atoms with E-state index in [9.17, 15) is 0 Å². The fourth-order valence-corrected chi connectivity index (χ4v) is 3.68. The van der Waals surface area contributed by atoms with Gasteiger partial charge in [0.15, 0.2) is 0 Å². The highest BCUT2D eigenvalue weighted by molar-refractivity contribution is 8.00. The van der Waals surface area contributed by atoms with E-state index in [0.29, 0.717) is 10.8 Å². The van der Waals surface area contributed by atoms with Gasteiger partial charge in [0.2, 0.25) is 0 Å². The molecule has 112 valence electrons. The molecule has 1 N–H and O–H groups in total. The molecule has 0 aliphatic carbocycles. The molecule has 0 atom stereocenters. The molecule has 20 heavy (non-hydrogen) atoms. The summed E-state index contributed by atoms with van der Waals surface area (Å²) in [5.41, 5.74) is 2.56. The summed E-state index contributed by atoms with van der Waals surface area (Å²) in [6.07, 6.45) is 2.02. The number of nitrogens with one attached hydrogen (secondary N) is 1. The number of aromatic nitrogens is 1. The Balaban J connectivity index is 2.09. The Kier molecular flexibility index (Phi) is 4.97. The Morgan fingerprint density at radius 2 is 2.20 bits per heavy atom. The molecule has 0 unspecified atom stereocenters. The summed E-state index contributed by atoms with van der Waals surface area (Å²) in [5, 5.41) is 3.44. The predicted molar refractivity (Wildman–Crippen MR) is 89.7 cm³/mol. The van der Waals surface area contributed by atoms with Crippen LogP contribution in [0.25, 0.3) is 0 Å². The zero-order valence-electron chi connectivity index (χ0n) is 13.4. The molecule has 1 aliphatic heterocycles. The van der Waals surface area contributed by atoms with E-state index in [4.69, 9.17) is 4.98 Å². The van der Waals surface area contributed by atoms with Gasteiger partial charge < -0.3 is 10.2 Å². The number of thioether (sulfide) groups is 1. The molecule has 1 aromatic heterocycles. The van der Waals surface area contributed by atoms with Gasteiger partial charge in [0, 0.05) is 42.4 Å². The van der Waals surface area contributed by atoms with Crippen molar-refractivity contribution in [3.8, 4) is 0 Å².